The molecule has 0 saturated carbocycles. The average Bonchev–Trinajstić information content (AvgIpc) is 2.46. The molecular formula is C18H14BrNO. The fraction of sp³-hybridized carbons (Fsp3) is 0.0556. The number of halogens is 1. The second-order valence-corrected chi connectivity index (χ2v) is 5.91. The molecule has 0 aliphatic heterocycles. The van der Waals surface area contributed by atoms with E-state index >= 15 is 0 Å². The summed E-state index contributed by atoms with van der Waals surface area (Å²) in [6.45, 7) is 1.97. The van der Waals surface area contributed by atoms with Gasteiger partial charge in [-0.3, -0.25) is 4.79 Å². The highest BCUT2D eigenvalue weighted by molar-refractivity contribution is 9.10. The van der Waals surface area contributed by atoms with Gasteiger partial charge in [0, 0.05) is 21.1 Å². The lowest BCUT2D eigenvalue weighted by molar-refractivity contribution is 0.102. The molecule has 0 bridgehead atoms. The van der Waals surface area contributed by atoms with E-state index in [2.05, 4.69) is 21.2 Å². The van der Waals surface area contributed by atoms with E-state index in [-0.39, 0.29) is 5.91 Å². The summed E-state index contributed by atoms with van der Waals surface area (Å²) >= 11 is 3.43. The van der Waals surface area contributed by atoms with E-state index in [4.69, 9.17) is 0 Å². The van der Waals surface area contributed by atoms with Crippen molar-refractivity contribution < 1.29 is 4.79 Å². The number of benzene rings is 3. The largest absolute Gasteiger partial charge is 0.321 e. The maximum atomic E-state index is 12.4. The van der Waals surface area contributed by atoms with Gasteiger partial charge in [-0.05, 0) is 42.1 Å². The van der Waals surface area contributed by atoms with Crippen LogP contribution in [0.25, 0.3) is 10.8 Å². The van der Waals surface area contributed by atoms with Gasteiger partial charge in [-0.25, -0.2) is 0 Å². The molecule has 0 atom stereocenters. The summed E-state index contributed by atoms with van der Waals surface area (Å²) < 4.78 is 0.908. The third-order valence-electron chi connectivity index (χ3n) is 3.34. The number of fused-ring (bicyclic) bond motifs is 1. The third kappa shape index (κ3) is 2.98. The van der Waals surface area contributed by atoms with Gasteiger partial charge in [-0.1, -0.05) is 52.3 Å². The quantitative estimate of drug-likeness (QED) is 0.686. The Morgan fingerprint density at radius 3 is 2.57 bits per heavy atom. The molecule has 3 aromatic rings. The van der Waals surface area contributed by atoms with Crippen LogP contribution in [0.1, 0.15) is 15.9 Å². The highest BCUT2D eigenvalue weighted by Gasteiger charge is 2.09. The predicted octanol–water partition coefficient (Wildman–Crippen LogP) is 5.16. The fourth-order valence-corrected chi connectivity index (χ4v) is 3.00. The highest BCUT2D eigenvalue weighted by Crippen LogP contribution is 2.24. The number of rotatable bonds is 2. The average molecular weight is 340 g/mol. The van der Waals surface area contributed by atoms with E-state index < -0.39 is 0 Å². The van der Waals surface area contributed by atoms with Gasteiger partial charge in [0.15, 0.2) is 0 Å². The first-order valence-corrected chi connectivity index (χ1v) is 7.49. The number of carbonyl (C=O) groups excluding carboxylic acids is 1. The molecule has 0 aromatic heterocycles. The Morgan fingerprint density at radius 1 is 1.00 bits per heavy atom. The molecule has 0 spiro atoms. The van der Waals surface area contributed by atoms with Crippen molar-refractivity contribution in [2.45, 2.75) is 6.92 Å². The maximum Gasteiger partial charge on any atom is 0.255 e. The molecule has 3 rings (SSSR count). The Morgan fingerprint density at radius 2 is 1.76 bits per heavy atom. The van der Waals surface area contributed by atoms with Crippen LogP contribution < -0.4 is 5.32 Å². The fourth-order valence-electron chi connectivity index (χ4n) is 2.40. The standard InChI is InChI=1S/C18H14BrNO/c1-12-9-14(11-15(19)10-12)18(21)20-17-8-4-6-13-5-2-3-7-16(13)17/h2-11H,1H3,(H,20,21). The lowest BCUT2D eigenvalue weighted by atomic mass is 10.1. The summed E-state index contributed by atoms with van der Waals surface area (Å²) in [5, 5.41) is 5.15. The first-order chi connectivity index (χ1) is 10.1. The number of amides is 1. The van der Waals surface area contributed by atoms with Gasteiger partial charge < -0.3 is 5.32 Å². The Bertz CT molecular complexity index is 801. The molecule has 0 radical (unpaired) electrons. The zero-order valence-electron chi connectivity index (χ0n) is 11.6. The van der Waals surface area contributed by atoms with Crippen molar-refractivity contribution in [2.75, 3.05) is 5.32 Å². The smallest absolute Gasteiger partial charge is 0.255 e. The molecule has 3 aromatic carbocycles. The molecule has 21 heavy (non-hydrogen) atoms. The Balaban J connectivity index is 1.96. The van der Waals surface area contributed by atoms with Crippen molar-refractivity contribution in [1.82, 2.24) is 0 Å². The summed E-state index contributed by atoms with van der Waals surface area (Å²) in [4.78, 5) is 12.4. The molecule has 1 N–H and O–H groups in total. The van der Waals surface area contributed by atoms with Crippen LogP contribution in [0.4, 0.5) is 5.69 Å². The summed E-state index contributed by atoms with van der Waals surface area (Å²) in [5.74, 6) is -0.101. The van der Waals surface area contributed by atoms with Crippen LogP contribution in [0.2, 0.25) is 0 Å². The summed E-state index contributed by atoms with van der Waals surface area (Å²) in [6, 6.07) is 19.6. The van der Waals surface area contributed by atoms with Crippen LogP contribution in [0.5, 0.6) is 0 Å². The second-order valence-electron chi connectivity index (χ2n) is 5.00. The van der Waals surface area contributed by atoms with E-state index in [0.29, 0.717) is 5.56 Å². The Hall–Kier alpha value is -2.13. The van der Waals surface area contributed by atoms with E-state index in [0.717, 1.165) is 26.5 Å². The zero-order chi connectivity index (χ0) is 14.8. The van der Waals surface area contributed by atoms with Crippen LogP contribution in [-0.2, 0) is 0 Å². The molecule has 0 fully saturated rings. The van der Waals surface area contributed by atoms with Crippen molar-refractivity contribution in [2.24, 2.45) is 0 Å². The van der Waals surface area contributed by atoms with Gasteiger partial charge in [-0.2, -0.15) is 0 Å². The molecule has 0 saturated heterocycles. The molecular weight excluding hydrogens is 326 g/mol. The van der Waals surface area contributed by atoms with E-state index in [1.165, 1.54) is 0 Å². The van der Waals surface area contributed by atoms with Gasteiger partial charge in [-0.15, -0.1) is 0 Å². The number of nitrogens with one attached hydrogen (secondary N) is 1. The van der Waals surface area contributed by atoms with E-state index in [1.54, 1.807) is 0 Å². The van der Waals surface area contributed by atoms with Crippen LogP contribution in [0.15, 0.2) is 65.1 Å². The van der Waals surface area contributed by atoms with Crippen molar-refractivity contribution in [3.8, 4) is 0 Å². The molecule has 0 heterocycles. The first-order valence-electron chi connectivity index (χ1n) is 6.70. The monoisotopic (exact) mass is 339 g/mol. The predicted molar refractivity (Wildman–Crippen MR) is 90.8 cm³/mol. The van der Waals surface area contributed by atoms with Gasteiger partial charge in [0.2, 0.25) is 0 Å². The minimum Gasteiger partial charge on any atom is -0.321 e. The van der Waals surface area contributed by atoms with Crippen LogP contribution in [0.3, 0.4) is 0 Å². The summed E-state index contributed by atoms with van der Waals surface area (Å²) in [7, 11) is 0. The van der Waals surface area contributed by atoms with Gasteiger partial charge in [0.05, 0.1) is 0 Å². The molecule has 0 unspecified atom stereocenters. The van der Waals surface area contributed by atoms with Gasteiger partial charge >= 0.3 is 0 Å². The molecule has 1 amide bonds. The second kappa shape index (κ2) is 5.70. The molecule has 2 nitrogen and oxygen atoms in total. The SMILES string of the molecule is Cc1cc(Br)cc(C(=O)Nc2cccc3ccccc23)c1. The zero-order valence-corrected chi connectivity index (χ0v) is 13.1. The van der Waals surface area contributed by atoms with E-state index in [9.17, 15) is 4.79 Å². The summed E-state index contributed by atoms with van der Waals surface area (Å²) in [6.07, 6.45) is 0. The molecule has 0 aliphatic rings. The van der Waals surface area contributed by atoms with Crippen molar-refractivity contribution in [3.63, 3.8) is 0 Å². The van der Waals surface area contributed by atoms with Crippen LogP contribution in [-0.4, -0.2) is 5.91 Å². The number of hydrogen-bond acceptors (Lipinski definition) is 1. The van der Waals surface area contributed by atoms with Gasteiger partial charge in [0.1, 0.15) is 0 Å². The molecule has 104 valence electrons. The minimum atomic E-state index is -0.101. The van der Waals surface area contributed by atoms with Crippen LogP contribution in [0, 0.1) is 6.92 Å². The molecule has 3 heteroatoms. The highest BCUT2D eigenvalue weighted by atomic mass is 79.9. The maximum absolute atomic E-state index is 12.4. The topological polar surface area (TPSA) is 29.1 Å². The van der Waals surface area contributed by atoms with Crippen molar-refractivity contribution >= 4 is 38.3 Å². The lowest BCUT2D eigenvalue weighted by Crippen LogP contribution is -2.12. The summed E-state index contributed by atoms with van der Waals surface area (Å²) in [5.41, 5.74) is 2.53. The number of hydrogen-bond donors (Lipinski definition) is 1. The number of aryl methyl sites for hydroxylation is 1. The van der Waals surface area contributed by atoms with E-state index in [1.807, 2.05) is 67.6 Å². The lowest BCUT2D eigenvalue weighted by Gasteiger charge is -2.09. The number of anilines is 1. The molecule has 0 aliphatic carbocycles. The first kappa shape index (κ1) is 13.8. The Labute approximate surface area is 131 Å². The normalized spacial score (nSPS) is 10.6. The van der Waals surface area contributed by atoms with Crippen molar-refractivity contribution in [3.05, 3.63) is 76.3 Å². The van der Waals surface area contributed by atoms with Gasteiger partial charge in [0.25, 0.3) is 5.91 Å². The Kier molecular flexibility index (Phi) is 3.76. The minimum absolute atomic E-state index is 0.101. The number of carbonyl (C=O) groups is 1. The third-order valence-corrected chi connectivity index (χ3v) is 3.80. The van der Waals surface area contributed by atoms with Crippen molar-refractivity contribution in [1.29, 1.82) is 0 Å². The van der Waals surface area contributed by atoms with Crippen LogP contribution >= 0.6 is 15.9 Å².